The molecule has 0 bridgehead atoms. The van der Waals surface area contributed by atoms with E-state index in [9.17, 15) is 4.79 Å². The number of halogens is 2. The number of aryl methyl sites for hydroxylation is 1. The second-order valence-corrected chi connectivity index (χ2v) is 8.31. The fourth-order valence-corrected chi connectivity index (χ4v) is 2.93. The van der Waals surface area contributed by atoms with Crippen LogP contribution in [0.1, 0.15) is 32.8 Å². The van der Waals surface area contributed by atoms with E-state index in [0.29, 0.717) is 29.4 Å². The highest BCUT2D eigenvalue weighted by molar-refractivity contribution is 8.00. The molecule has 20 heavy (non-hydrogen) atoms. The molecule has 1 amide bonds. The van der Waals surface area contributed by atoms with Gasteiger partial charge in [0.05, 0.1) is 0 Å². The summed E-state index contributed by atoms with van der Waals surface area (Å²) in [5.41, 5.74) is 0.954. The summed E-state index contributed by atoms with van der Waals surface area (Å²) in [6.07, 6.45) is 1.08. The van der Waals surface area contributed by atoms with E-state index in [1.54, 1.807) is 12.1 Å². The first-order valence-electron chi connectivity index (χ1n) is 6.62. The van der Waals surface area contributed by atoms with Gasteiger partial charge in [-0.15, -0.1) is 0 Å². The molecule has 1 rings (SSSR count). The second-order valence-electron chi connectivity index (χ2n) is 5.55. The third-order valence-electron chi connectivity index (χ3n) is 2.60. The average Bonchev–Trinajstić information content (AvgIpc) is 2.32. The maximum atomic E-state index is 11.7. The van der Waals surface area contributed by atoms with Crippen LogP contribution in [0, 0.1) is 0 Å². The molecule has 0 aliphatic heterocycles. The molecule has 0 spiro atoms. The van der Waals surface area contributed by atoms with Gasteiger partial charge < -0.3 is 5.32 Å². The number of carbonyl (C=O) groups is 1. The molecule has 0 atom stereocenters. The molecule has 0 saturated carbocycles. The van der Waals surface area contributed by atoms with Crippen LogP contribution in [0.3, 0.4) is 0 Å². The highest BCUT2D eigenvalue weighted by Gasteiger charge is 2.10. The predicted molar refractivity (Wildman–Crippen MR) is 90.0 cm³/mol. The monoisotopic (exact) mass is 333 g/mol. The van der Waals surface area contributed by atoms with Crippen molar-refractivity contribution >= 4 is 40.9 Å². The van der Waals surface area contributed by atoms with E-state index in [1.807, 2.05) is 17.8 Å². The third kappa shape index (κ3) is 7.41. The van der Waals surface area contributed by atoms with Crippen LogP contribution >= 0.6 is 35.0 Å². The van der Waals surface area contributed by atoms with Crippen LogP contribution in [0.15, 0.2) is 18.2 Å². The van der Waals surface area contributed by atoms with E-state index in [-0.39, 0.29) is 10.7 Å². The largest absolute Gasteiger partial charge is 0.355 e. The van der Waals surface area contributed by atoms with Crippen LogP contribution in [0.2, 0.25) is 10.0 Å². The summed E-state index contributed by atoms with van der Waals surface area (Å²) in [7, 11) is 0. The molecule has 1 aromatic carbocycles. The van der Waals surface area contributed by atoms with Gasteiger partial charge in [0.2, 0.25) is 5.91 Å². The molecule has 1 N–H and O–H groups in total. The van der Waals surface area contributed by atoms with E-state index < -0.39 is 0 Å². The number of carbonyl (C=O) groups excluding carboxylic acids is 1. The lowest BCUT2D eigenvalue weighted by atomic mass is 10.1. The van der Waals surface area contributed by atoms with E-state index in [1.165, 1.54) is 0 Å². The Morgan fingerprint density at radius 1 is 1.30 bits per heavy atom. The first kappa shape index (κ1) is 17.7. The fourth-order valence-electron chi connectivity index (χ4n) is 1.61. The summed E-state index contributed by atoms with van der Waals surface area (Å²) in [5.74, 6) is 0.988. The predicted octanol–water partition coefficient (Wildman–Crippen LogP) is 4.57. The van der Waals surface area contributed by atoms with Crippen molar-refractivity contribution in [3.8, 4) is 0 Å². The Morgan fingerprint density at radius 2 is 2.00 bits per heavy atom. The van der Waals surface area contributed by atoms with Gasteiger partial charge in [-0.3, -0.25) is 4.79 Å². The molecule has 0 fully saturated rings. The van der Waals surface area contributed by atoms with Crippen molar-refractivity contribution < 1.29 is 4.79 Å². The zero-order chi connectivity index (χ0) is 15.2. The van der Waals surface area contributed by atoms with Crippen LogP contribution < -0.4 is 5.32 Å². The van der Waals surface area contributed by atoms with Crippen LogP contribution in [0.4, 0.5) is 0 Å². The average molecular weight is 334 g/mol. The first-order chi connectivity index (χ1) is 9.28. The minimum atomic E-state index is 0.0607. The van der Waals surface area contributed by atoms with Crippen LogP contribution in [0.5, 0.6) is 0 Å². The minimum absolute atomic E-state index is 0.0607. The van der Waals surface area contributed by atoms with E-state index in [4.69, 9.17) is 23.2 Å². The third-order valence-corrected chi connectivity index (χ3v) is 4.46. The molecule has 0 radical (unpaired) electrons. The first-order valence-corrected chi connectivity index (χ1v) is 8.37. The summed E-state index contributed by atoms with van der Waals surface area (Å²) < 4.78 is 0.238. The van der Waals surface area contributed by atoms with Gasteiger partial charge in [-0.25, -0.2) is 0 Å². The quantitative estimate of drug-likeness (QED) is 0.772. The lowest BCUT2D eigenvalue weighted by molar-refractivity contribution is -0.120. The van der Waals surface area contributed by atoms with Crippen molar-refractivity contribution in [1.29, 1.82) is 0 Å². The summed E-state index contributed by atoms with van der Waals surface area (Å²) in [4.78, 5) is 11.7. The molecular formula is C15H21Cl2NOS. The van der Waals surface area contributed by atoms with Crippen molar-refractivity contribution in [3.63, 3.8) is 0 Å². The van der Waals surface area contributed by atoms with Gasteiger partial charge in [0.25, 0.3) is 0 Å². The van der Waals surface area contributed by atoms with Crippen molar-refractivity contribution in [1.82, 2.24) is 5.32 Å². The molecule has 5 heteroatoms. The normalized spacial score (nSPS) is 11.4. The number of hydrogen-bond acceptors (Lipinski definition) is 2. The minimum Gasteiger partial charge on any atom is -0.355 e. The Bertz CT molecular complexity index is 458. The summed E-state index contributed by atoms with van der Waals surface area (Å²) >= 11 is 13.7. The lowest BCUT2D eigenvalue weighted by Gasteiger charge is -2.17. The van der Waals surface area contributed by atoms with Gasteiger partial charge in [0.1, 0.15) is 0 Å². The molecular weight excluding hydrogens is 313 g/mol. The Labute approximate surface area is 135 Å². The van der Waals surface area contributed by atoms with Gasteiger partial charge in [-0.2, -0.15) is 11.8 Å². The number of hydrogen-bond donors (Lipinski definition) is 1. The number of benzene rings is 1. The maximum absolute atomic E-state index is 11.7. The van der Waals surface area contributed by atoms with Crippen molar-refractivity contribution in [2.45, 2.75) is 38.4 Å². The smallest absolute Gasteiger partial charge is 0.220 e. The van der Waals surface area contributed by atoms with Gasteiger partial charge in [-0.05, 0) is 24.1 Å². The van der Waals surface area contributed by atoms with Crippen LogP contribution in [-0.4, -0.2) is 23.0 Å². The second kappa shape index (κ2) is 8.16. The zero-order valence-electron chi connectivity index (χ0n) is 12.1. The van der Waals surface area contributed by atoms with Gasteiger partial charge >= 0.3 is 0 Å². The van der Waals surface area contributed by atoms with Crippen LogP contribution in [-0.2, 0) is 11.2 Å². The number of thioether (sulfide) groups is 1. The van der Waals surface area contributed by atoms with E-state index >= 15 is 0 Å². The lowest BCUT2D eigenvalue weighted by Crippen LogP contribution is -2.27. The number of amides is 1. The SMILES string of the molecule is CC(C)(C)SCCNC(=O)CCc1ccc(Cl)cc1Cl. The van der Waals surface area contributed by atoms with Crippen molar-refractivity contribution in [2.75, 3.05) is 12.3 Å². The molecule has 0 aromatic heterocycles. The summed E-state index contributed by atoms with van der Waals surface area (Å²) in [5, 5.41) is 4.16. The standard InChI is InChI=1S/C15H21Cl2NOS/c1-15(2,3)20-9-8-18-14(19)7-5-11-4-6-12(16)10-13(11)17/h4,6,10H,5,7-9H2,1-3H3,(H,18,19). The Balaban J connectivity index is 2.26. The topological polar surface area (TPSA) is 29.1 Å². The maximum Gasteiger partial charge on any atom is 0.220 e. The van der Waals surface area contributed by atoms with E-state index in [0.717, 1.165) is 11.3 Å². The van der Waals surface area contributed by atoms with Gasteiger partial charge in [0, 0.05) is 33.5 Å². The van der Waals surface area contributed by atoms with Gasteiger partial charge in [-0.1, -0.05) is 50.0 Å². The fraction of sp³-hybridized carbons (Fsp3) is 0.533. The zero-order valence-corrected chi connectivity index (χ0v) is 14.5. The number of nitrogens with one attached hydrogen (secondary N) is 1. The van der Waals surface area contributed by atoms with E-state index in [2.05, 4.69) is 26.1 Å². The highest BCUT2D eigenvalue weighted by atomic mass is 35.5. The van der Waals surface area contributed by atoms with Gasteiger partial charge in [0.15, 0.2) is 0 Å². The molecule has 2 nitrogen and oxygen atoms in total. The van der Waals surface area contributed by atoms with Crippen molar-refractivity contribution in [3.05, 3.63) is 33.8 Å². The summed E-state index contributed by atoms with van der Waals surface area (Å²) in [6.45, 7) is 7.21. The molecule has 0 saturated heterocycles. The van der Waals surface area contributed by atoms with Crippen LogP contribution in [0.25, 0.3) is 0 Å². The van der Waals surface area contributed by atoms with Crippen molar-refractivity contribution in [2.24, 2.45) is 0 Å². The molecule has 0 unspecified atom stereocenters. The Kier molecular flexibility index (Phi) is 7.21. The number of rotatable bonds is 6. The molecule has 1 aromatic rings. The molecule has 0 aliphatic rings. The molecule has 0 heterocycles. The molecule has 112 valence electrons. The Morgan fingerprint density at radius 3 is 2.60 bits per heavy atom. The molecule has 0 aliphatic carbocycles. The highest BCUT2D eigenvalue weighted by Crippen LogP contribution is 2.23. The summed E-state index contributed by atoms with van der Waals surface area (Å²) in [6, 6.07) is 5.37. The Hall–Kier alpha value is -0.380.